The normalized spacial score (nSPS) is 19.3. The van der Waals surface area contributed by atoms with E-state index in [4.69, 9.17) is 5.73 Å². The maximum Gasteiger partial charge on any atom is 0.271 e. The summed E-state index contributed by atoms with van der Waals surface area (Å²) in [5.74, 6) is -0.302. The highest BCUT2D eigenvalue weighted by Gasteiger charge is 2.31. The van der Waals surface area contributed by atoms with Crippen molar-refractivity contribution in [1.29, 1.82) is 0 Å². The lowest BCUT2D eigenvalue weighted by Gasteiger charge is -2.17. The Kier molecular flexibility index (Phi) is 3.15. The molecule has 1 saturated heterocycles. The Balaban J connectivity index is 2.35. The van der Waals surface area contributed by atoms with Crippen LogP contribution in [0.5, 0.6) is 5.75 Å². The smallest absolute Gasteiger partial charge is 0.271 e. The van der Waals surface area contributed by atoms with Crippen LogP contribution in [0.15, 0.2) is 18.2 Å². The van der Waals surface area contributed by atoms with Gasteiger partial charge in [0.25, 0.3) is 5.69 Å². The summed E-state index contributed by atoms with van der Waals surface area (Å²) in [6.07, 6.45) is 0.304. The predicted molar refractivity (Wildman–Crippen MR) is 64.3 cm³/mol. The number of phenols is 1. The number of nitro benzene ring substituents is 1. The average molecular weight is 251 g/mol. The fraction of sp³-hybridized carbons (Fsp3) is 0.364. The molecule has 1 unspecified atom stereocenters. The molecule has 1 aliphatic heterocycles. The molecule has 96 valence electrons. The second-order valence-electron chi connectivity index (χ2n) is 4.24. The van der Waals surface area contributed by atoms with Gasteiger partial charge in [0.2, 0.25) is 5.91 Å². The number of nitro groups is 1. The van der Waals surface area contributed by atoms with E-state index < -0.39 is 4.92 Å². The Hall–Kier alpha value is -2.15. The molecule has 0 spiro atoms. The van der Waals surface area contributed by atoms with Crippen LogP contribution in [-0.4, -0.2) is 29.0 Å². The summed E-state index contributed by atoms with van der Waals surface area (Å²) in [6, 6.07) is 3.61. The molecule has 1 amide bonds. The number of phenolic OH excluding ortho intramolecular Hbond substituents is 1. The summed E-state index contributed by atoms with van der Waals surface area (Å²) in [4.78, 5) is 23.2. The second kappa shape index (κ2) is 4.61. The largest absolute Gasteiger partial charge is 0.506 e. The Morgan fingerprint density at radius 1 is 1.56 bits per heavy atom. The van der Waals surface area contributed by atoms with Crippen molar-refractivity contribution in [2.45, 2.75) is 6.42 Å². The maximum atomic E-state index is 11.8. The van der Waals surface area contributed by atoms with E-state index in [-0.39, 0.29) is 28.9 Å². The molecule has 1 aliphatic rings. The van der Waals surface area contributed by atoms with Crippen molar-refractivity contribution in [2.75, 3.05) is 18.0 Å². The van der Waals surface area contributed by atoms with E-state index in [1.54, 1.807) is 0 Å². The van der Waals surface area contributed by atoms with Crippen molar-refractivity contribution in [3.05, 3.63) is 28.3 Å². The van der Waals surface area contributed by atoms with Gasteiger partial charge in [-0.1, -0.05) is 0 Å². The lowest BCUT2D eigenvalue weighted by Crippen LogP contribution is -2.25. The molecule has 7 heteroatoms. The van der Waals surface area contributed by atoms with E-state index in [9.17, 15) is 20.0 Å². The molecule has 0 saturated carbocycles. The number of anilines is 1. The van der Waals surface area contributed by atoms with E-state index in [1.165, 1.54) is 23.1 Å². The monoisotopic (exact) mass is 251 g/mol. The lowest BCUT2D eigenvalue weighted by molar-refractivity contribution is -0.384. The highest BCUT2D eigenvalue weighted by molar-refractivity contribution is 5.97. The van der Waals surface area contributed by atoms with Crippen LogP contribution in [0, 0.1) is 16.0 Å². The number of hydrogen-bond acceptors (Lipinski definition) is 5. The van der Waals surface area contributed by atoms with E-state index >= 15 is 0 Å². The Labute approximate surface area is 103 Å². The molecular formula is C11H13N3O4. The number of carbonyl (C=O) groups excluding carboxylic acids is 1. The minimum atomic E-state index is -0.566. The number of amides is 1. The van der Waals surface area contributed by atoms with Gasteiger partial charge in [0.15, 0.2) is 0 Å². The number of benzene rings is 1. The first-order chi connectivity index (χ1) is 8.52. The molecule has 0 aliphatic carbocycles. The zero-order chi connectivity index (χ0) is 13.3. The number of nitrogens with two attached hydrogens (primary N) is 1. The molecule has 0 bridgehead atoms. The molecule has 7 nitrogen and oxygen atoms in total. The van der Waals surface area contributed by atoms with Crippen LogP contribution >= 0.6 is 0 Å². The van der Waals surface area contributed by atoms with Gasteiger partial charge in [-0.3, -0.25) is 14.9 Å². The van der Waals surface area contributed by atoms with Crippen LogP contribution < -0.4 is 10.6 Å². The van der Waals surface area contributed by atoms with E-state index in [2.05, 4.69) is 0 Å². The molecule has 2 rings (SSSR count). The molecule has 3 N–H and O–H groups in total. The standard InChI is InChI=1S/C11H13N3O4/c12-5-7-3-11(16)13(6-7)9-4-8(14(17)18)1-2-10(9)15/h1-2,4,7,15H,3,5-6,12H2. The summed E-state index contributed by atoms with van der Waals surface area (Å²) in [5.41, 5.74) is 5.51. The number of carbonyl (C=O) groups is 1. The zero-order valence-corrected chi connectivity index (χ0v) is 9.57. The molecule has 1 heterocycles. The van der Waals surface area contributed by atoms with Gasteiger partial charge in [-0.05, 0) is 18.5 Å². The highest BCUT2D eigenvalue weighted by atomic mass is 16.6. The Bertz CT molecular complexity index is 503. The number of hydrogen-bond donors (Lipinski definition) is 2. The van der Waals surface area contributed by atoms with Crippen LogP contribution in [0.4, 0.5) is 11.4 Å². The van der Waals surface area contributed by atoms with E-state index in [0.29, 0.717) is 19.5 Å². The van der Waals surface area contributed by atoms with Gasteiger partial charge in [0, 0.05) is 25.1 Å². The molecule has 1 fully saturated rings. The molecule has 1 aromatic rings. The van der Waals surface area contributed by atoms with E-state index in [1.807, 2.05) is 0 Å². The third kappa shape index (κ3) is 2.12. The minimum Gasteiger partial charge on any atom is -0.506 e. The number of aromatic hydroxyl groups is 1. The molecule has 18 heavy (non-hydrogen) atoms. The Morgan fingerprint density at radius 3 is 2.83 bits per heavy atom. The summed E-state index contributed by atoms with van der Waals surface area (Å²) >= 11 is 0. The van der Waals surface area contributed by atoms with Gasteiger partial charge < -0.3 is 15.7 Å². The summed E-state index contributed by atoms with van der Waals surface area (Å²) in [5, 5.41) is 20.4. The summed E-state index contributed by atoms with van der Waals surface area (Å²) < 4.78 is 0. The van der Waals surface area contributed by atoms with Gasteiger partial charge in [-0.25, -0.2) is 0 Å². The summed E-state index contributed by atoms with van der Waals surface area (Å²) in [6.45, 7) is 0.752. The van der Waals surface area contributed by atoms with Crippen molar-refractivity contribution in [3.63, 3.8) is 0 Å². The maximum absolute atomic E-state index is 11.8. The fourth-order valence-corrected chi connectivity index (χ4v) is 2.01. The first kappa shape index (κ1) is 12.3. The van der Waals surface area contributed by atoms with Crippen molar-refractivity contribution >= 4 is 17.3 Å². The Morgan fingerprint density at radius 2 is 2.28 bits per heavy atom. The van der Waals surface area contributed by atoms with Crippen molar-refractivity contribution in [1.82, 2.24) is 0 Å². The number of rotatable bonds is 3. The molecule has 1 aromatic carbocycles. The topological polar surface area (TPSA) is 110 Å². The van der Waals surface area contributed by atoms with E-state index in [0.717, 1.165) is 0 Å². The molecule has 1 atom stereocenters. The van der Waals surface area contributed by atoms with Crippen molar-refractivity contribution < 1.29 is 14.8 Å². The zero-order valence-electron chi connectivity index (χ0n) is 9.57. The minimum absolute atomic E-state index is 0.0242. The fourth-order valence-electron chi connectivity index (χ4n) is 2.01. The number of nitrogens with zero attached hydrogens (tertiary/aromatic N) is 2. The first-order valence-electron chi connectivity index (χ1n) is 5.50. The first-order valence-corrected chi connectivity index (χ1v) is 5.50. The summed E-state index contributed by atoms with van der Waals surface area (Å²) in [7, 11) is 0. The van der Waals surface area contributed by atoms with Crippen molar-refractivity contribution in [3.8, 4) is 5.75 Å². The van der Waals surface area contributed by atoms with Crippen LogP contribution in [-0.2, 0) is 4.79 Å². The second-order valence-corrected chi connectivity index (χ2v) is 4.24. The SMILES string of the molecule is NCC1CC(=O)N(c2cc([N+](=O)[O-])ccc2O)C1. The molecular weight excluding hydrogens is 238 g/mol. The van der Waals surface area contributed by atoms with Gasteiger partial charge in [0.05, 0.1) is 10.6 Å². The quantitative estimate of drug-likeness (QED) is 0.604. The van der Waals surface area contributed by atoms with Crippen molar-refractivity contribution in [2.24, 2.45) is 11.7 Å². The van der Waals surface area contributed by atoms with Crippen LogP contribution in [0.25, 0.3) is 0 Å². The molecule has 0 aromatic heterocycles. The van der Waals surface area contributed by atoms with Crippen LogP contribution in [0.2, 0.25) is 0 Å². The third-order valence-electron chi connectivity index (χ3n) is 3.00. The lowest BCUT2D eigenvalue weighted by atomic mass is 10.1. The van der Waals surface area contributed by atoms with Crippen LogP contribution in [0.1, 0.15) is 6.42 Å². The van der Waals surface area contributed by atoms with Crippen LogP contribution in [0.3, 0.4) is 0 Å². The number of non-ortho nitro benzene ring substituents is 1. The van der Waals surface area contributed by atoms with Gasteiger partial charge in [-0.15, -0.1) is 0 Å². The average Bonchev–Trinajstić information content (AvgIpc) is 2.71. The van der Waals surface area contributed by atoms with Gasteiger partial charge >= 0.3 is 0 Å². The highest BCUT2D eigenvalue weighted by Crippen LogP contribution is 2.34. The van der Waals surface area contributed by atoms with Gasteiger partial charge in [0.1, 0.15) is 5.75 Å². The molecule has 0 radical (unpaired) electrons. The predicted octanol–water partition coefficient (Wildman–Crippen LogP) is 0.612. The third-order valence-corrected chi connectivity index (χ3v) is 3.00. The van der Waals surface area contributed by atoms with Gasteiger partial charge in [-0.2, -0.15) is 0 Å².